The fourth-order valence-electron chi connectivity index (χ4n) is 3.51. The number of fused-ring (bicyclic) bond motifs is 1. The number of H-pyrrole nitrogens is 1. The number of rotatable bonds is 4. The van der Waals surface area contributed by atoms with Crippen LogP contribution in [0.5, 0.6) is 0 Å². The van der Waals surface area contributed by atoms with Gasteiger partial charge in [-0.15, -0.1) is 11.3 Å². The zero-order chi connectivity index (χ0) is 19.8. The van der Waals surface area contributed by atoms with Crippen molar-refractivity contribution in [1.82, 2.24) is 24.9 Å². The van der Waals surface area contributed by atoms with Gasteiger partial charge in [-0.05, 0) is 35.7 Å². The summed E-state index contributed by atoms with van der Waals surface area (Å²) in [6, 6.07) is 11.8. The normalized spacial score (nSPS) is 15.3. The largest absolute Gasteiger partial charge is 0.351 e. The molecule has 1 aliphatic heterocycles. The molecule has 0 spiro atoms. The van der Waals surface area contributed by atoms with Crippen molar-refractivity contribution in [2.24, 2.45) is 0 Å². The highest BCUT2D eigenvalue weighted by Crippen LogP contribution is 2.23. The lowest BCUT2D eigenvalue weighted by Crippen LogP contribution is -2.48. The van der Waals surface area contributed by atoms with Crippen molar-refractivity contribution in [3.05, 3.63) is 57.8 Å². The maximum Gasteiger partial charge on any atom is 0.270 e. The number of carbonyl (C=O) groups excluding carboxylic acids is 1. The number of thiophene rings is 1. The Hall–Kier alpha value is -2.49. The van der Waals surface area contributed by atoms with E-state index in [1.165, 1.54) is 0 Å². The first-order chi connectivity index (χ1) is 14.2. The minimum Gasteiger partial charge on any atom is -0.351 e. The van der Waals surface area contributed by atoms with Crippen LogP contribution in [0.2, 0.25) is 0 Å². The van der Waals surface area contributed by atoms with E-state index in [9.17, 15) is 4.79 Å². The number of nitrogens with zero attached hydrogens (tertiary/aromatic N) is 4. The second-order valence-electron chi connectivity index (χ2n) is 6.97. The Labute approximate surface area is 179 Å². The summed E-state index contributed by atoms with van der Waals surface area (Å²) < 4.78 is 6.39. The van der Waals surface area contributed by atoms with Crippen LogP contribution in [0.4, 0.5) is 0 Å². The number of benzene rings is 1. The molecule has 1 N–H and O–H groups in total. The van der Waals surface area contributed by atoms with Crippen molar-refractivity contribution >= 4 is 44.1 Å². The van der Waals surface area contributed by atoms with Crippen molar-refractivity contribution in [2.45, 2.75) is 6.54 Å². The molecule has 1 amide bonds. The van der Waals surface area contributed by atoms with Crippen LogP contribution >= 0.6 is 27.3 Å². The van der Waals surface area contributed by atoms with Gasteiger partial charge in [-0.25, -0.2) is 0 Å². The summed E-state index contributed by atoms with van der Waals surface area (Å²) >= 11 is 5.06. The zero-order valence-electron chi connectivity index (χ0n) is 15.5. The topological polar surface area (TPSA) is 78.3 Å². The Kier molecular flexibility index (Phi) is 4.94. The predicted molar refractivity (Wildman–Crippen MR) is 115 cm³/mol. The van der Waals surface area contributed by atoms with Gasteiger partial charge < -0.3 is 14.4 Å². The summed E-state index contributed by atoms with van der Waals surface area (Å²) in [5, 5.41) is 7.08. The summed E-state index contributed by atoms with van der Waals surface area (Å²) in [6.07, 6.45) is 0. The molecule has 9 heteroatoms. The van der Waals surface area contributed by atoms with Crippen LogP contribution in [0.3, 0.4) is 0 Å². The molecule has 3 aromatic heterocycles. The Bertz CT molecular complexity index is 1150. The van der Waals surface area contributed by atoms with Gasteiger partial charge in [0.2, 0.25) is 11.7 Å². The smallest absolute Gasteiger partial charge is 0.270 e. The van der Waals surface area contributed by atoms with Gasteiger partial charge in [0.15, 0.2) is 0 Å². The van der Waals surface area contributed by atoms with E-state index >= 15 is 0 Å². The highest BCUT2D eigenvalue weighted by atomic mass is 79.9. The Morgan fingerprint density at radius 2 is 2.07 bits per heavy atom. The maximum atomic E-state index is 12.9. The lowest BCUT2D eigenvalue weighted by atomic mass is 10.2. The summed E-state index contributed by atoms with van der Waals surface area (Å²) in [7, 11) is 0. The van der Waals surface area contributed by atoms with Crippen LogP contribution in [0.15, 0.2) is 50.8 Å². The second-order valence-corrected chi connectivity index (χ2v) is 8.84. The van der Waals surface area contributed by atoms with Crippen molar-refractivity contribution in [2.75, 3.05) is 26.2 Å². The summed E-state index contributed by atoms with van der Waals surface area (Å²) in [5.74, 6) is 1.28. The number of nitrogens with one attached hydrogen (secondary N) is 1. The molecule has 0 unspecified atom stereocenters. The highest BCUT2D eigenvalue weighted by molar-refractivity contribution is 9.10. The fraction of sp³-hybridized carbons (Fsp3) is 0.250. The average Bonchev–Trinajstić information content (AvgIpc) is 3.48. The minimum absolute atomic E-state index is 0.0368. The minimum atomic E-state index is 0.0368. The molecule has 1 aliphatic rings. The third-order valence-electron chi connectivity index (χ3n) is 5.04. The van der Waals surface area contributed by atoms with Gasteiger partial charge in [0.25, 0.3) is 5.91 Å². The first kappa shape index (κ1) is 18.5. The van der Waals surface area contributed by atoms with Crippen molar-refractivity contribution in [3.63, 3.8) is 0 Å². The van der Waals surface area contributed by atoms with Gasteiger partial charge in [0.05, 0.1) is 11.4 Å². The van der Waals surface area contributed by atoms with Gasteiger partial charge in [0.1, 0.15) is 5.69 Å². The molecule has 4 heterocycles. The molecule has 29 heavy (non-hydrogen) atoms. The summed E-state index contributed by atoms with van der Waals surface area (Å²) in [4.78, 5) is 25.7. The van der Waals surface area contributed by atoms with Crippen LogP contribution in [-0.4, -0.2) is 57.0 Å². The van der Waals surface area contributed by atoms with Gasteiger partial charge in [0, 0.05) is 41.6 Å². The number of aromatic amines is 1. The van der Waals surface area contributed by atoms with E-state index < -0.39 is 0 Å². The first-order valence-electron chi connectivity index (χ1n) is 9.32. The number of aromatic nitrogens is 3. The molecule has 148 valence electrons. The van der Waals surface area contributed by atoms with Crippen molar-refractivity contribution in [3.8, 4) is 10.7 Å². The quantitative estimate of drug-likeness (QED) is 0.486. The molecule has 7 nitrogen and oxygen atoms in total. The van der Waals surface area contributed by atoms with E-state index in [1.807, 2.05) is 46.7 Å². The van der Waals surface area contributed by atoms with Gasteiger partial charge in [-0.3, -0.25) is 9.69 Å². The van der Waals surface area contributed by atoms with Crippen LogP contribution in [0, 0.1) is 0 Å². The summed E-state index contributed by atoms with van der Waals surface area (Å²) in [5.41, 5.74) is 1.59. The van der Waals surface area contributed by atoms with Crippen LogP contribution in [-0.2, 0) is 6.54 Å². The molecular weight excluding hydrogens is 454 g/mol. The molecule has 1 fully saturated rings. The number of carbonyl (C=O) groups is 1. The molecule has 0 atom stereocenters. The van der Waals surface area contributed by atoms with Crippen LogP contribution < -0.4 is 0 Å². The number of halogens is 1. The molecule has 5 rings (SSSR count). The first-order valence-corrected chi connectivity index (χ1v) is 11.0. The predicted octanol–water partition coefficient (Wildman–Crippen LogP) is 4.00. The monoisotopic (exact) mass is 471 g/mol. The maximum absolute atomic E-state index is 12.9. The highest BCUT2D eigenvalue weighted by Gasteiger charge is 2.24. The molecule has 1 aromatic carbocycles. The molecule has 0 aliphatic carbocycles. The van der Waals surface area contributed by atoms with E-state index in [4.69, 9.17) is 4.52 Å². The molecular formula is C20H18BrN5O2S. The fourth-order valence-corrected chi connectivity index (χ4v) is 4.54. The zero-order valence-corrected chi connectivity index (χ0v) is 17.9. The second kappa shape index (κ2) is 7.74. The Morgan fingerprint density at radius 1 is 1.21 bits per heavy atom. The summed E-state index contributed by atoms with van der Waals surface area (Å²) in [6.45, 7) is 3.48. The molecule has 0 radical (unpaired) electrons. The standard InChI is InChI=1S/C20H18BrN5O2S/c21-14-3-4-15-13(10-14)11-16(22-15)20(27)26-7-5-25(6-8-26)12-18-23-19(24-28-18)17-2-1-9-29-17/h1-4,9-11,22H,5-8,12H2. The number of piperazine rings is 1. The number of hydrogen-bond donors (Lipinski definition) is 1. The molecule has 0 saturated carbocycles. The van der Waals surface area contributed by atoms with E-state index in [1.54, 1.807) is 11.3 Å². The van der Waals surface area contributed by atoms with Crippen molar-refractivity contribution in [1.29, 1.82) is 0 Å². The SMILES string of the molecule is O=C(c1cc2cc(Br)ccc2[nH]1)N1CCN(Cc2nc(-c3cccs3)no2)CC1. The van der Waals surface area contributed by atoms with Gasteiger partial charge in [-0.2, -0.15) is 4.98 Å². The lowest BCUT2D eigenvalue weighted by molar-refractivity contribution is 0.0610. The molecule has 1 saturated heterocycles. The Morgan fingerprint density at radius 3 is 2.86 bits per heavy atom. The van der Waals surface area contributed by atoms with Crippen molar-refractivity contribution < 1.29 is 9.32 Å². The van der Waals surface area contributed by atoms with E-state index in [0.29, 0.717) is 37.0 Å². The van der Waals surface area contributed by atoms with E-state index in [0.717, 1.165) is 33.3 Å². The average molecular weight is 472 g/mol. The van der Waals surface area contributed by atoms with Crippen LogP contribution in [0.1, 0.15) is 16.4 Å². The van der Waals surface area contributed by atoms with Gasteiger partial charge >= 0.3 is 0 Å². The lowest BCUT2D eigenvalue weighted by Gasteiger charge is -2.33. The number of hydrogen-bond acceptors (Lipinski definition) is 6. The van der Waals surface area contributed by atoms with E-state index in [2.05, 4.69) is 36.0 Å². The molecule has 0 bridgehead atoms. The third-order valence-corrected chi connectivity index (χ3v) is 6.40. The van der Waals surface area contributed by atoms with Gasteiger partial charge in [-0.1, -0.05) is 27.2 Å². The van der Waals surface area contributed by atoms with Crippen LogP contribution in [0.25, 0.3) is 21.6 Å². The number of amides is 1. The van der Waals surface area contributed by atoms with E-state index in [-0.39, 0.29) is 5.91 Å². The Balaban J connectivity index is 1.20. The molecule has 4 aromatic rings. The third kappa shape index (κ3) is 3.85.